The highest BCUT2D eigenvalue weighted by Crippen LogP contribution is 2.08. The molecule has 0 saturated heterocycles. The van der Waals surface area contributed by atoms with Crippen LogP contribution < -0.4 is 5.32 Å². The summed E-state index contributed by atoms with van der Waals surface area (Å²) < 4.78 is 1.55. The number of hydrogen-bond acceptors (Lipinski definition) is 5. The van der Waals surface area contributed by atoms with Gasteiger partial charge in [-0.3, -0.25) is 0 Å². The van der Waals surface area contributed by atoms with E-state index in [2.05, 4.69) is 25.4 Å². The van der Waals surface area contributed by atoms with Crippen LogP contribution in [0.2, 0.25) is 5.28 Å². The summed E-state index contributed by atoms with van der Waals surface area (Å²) in [5, 5.41) is 7.01. The number of hydrogen-bond donors (Lipinski definition) is 1. The van der Waals surface area contributed by atoms with E-state index in [0.29, 0.717) is 11.9 Å². The molecule has 0 radical (unpaired) electrons. The molecule has 0 saturated carbocycles. The Hall–Kier alpha value is -1.69. The highest BCUT2D eigenvalue weighted by atomic mass is 35.5. The minimum atomic E-state index is 0.137. The largest absolute Gasteiger partial charge is 0.357 e. The molecule has 0 bridgehead atoms. The summed E-state index contributed by atoms with van der Waals surface area (Å²) in [6.07, 6.45) is 3.53. The molecule has 0 spiro atoms. The molecule has 0 unspecified atom stereocenters. The second kappa shape index (κ2) is 3.82. The predicted molar refractivity (Wildman–Crippen MR) is 56.2 cm³/mol. The lowest BCUT2D eigenvalue weighted by Crippen LogP contribution is -2.06. The van der Waals surface area contributed by atoms with E-state index in [-0.39, 0.29) is 5.28 Å². The van der Waals surface area contributed by atoms with Gasteiger partial charge in [0.2, 0.25) is 11.2 Å². The minimum absolute atomic E-state index is 0.137. The fraction of sp³-hybridized carbons (Fsp3) is 0.250. The van der Waals surface area contributed by atoms with Crippen LogP contribution in [-0.2, 0) is 0 Å². The normalized spacial score (nSPS) is 10.3. The summed E-state index contributed by atoms with van der Waals surface area (Å²) in [5.41, 5.74) is 1.03. The van der Waals surface area contributed by atoms with Crippen molar-refractivity contribution in [3.05, 3.63) is 23.2 Å². The maximum Gasteiger partial charge on any atom is 0.256 e. The smallest absolute Gasteiger partial charge is 0.256 e. The average Bonchev–Trinajstić information content (AvgIpc) is 2.64. The highest BCUT2D eigenvalue weighted by molar-refractivity contribution is 6.28. The molecule has 2 heterocycles. The SMILES string of the molecule is CNc1nc(Cl)nc(-n2cc(C)cn2)n1. The first kappa shape index (κ1) is 9.85. The molecule has 0 aromatic carbocycles. The Balaban J connectivity index is 2.48. The van der Waals surface area contributed by atoms with E-state index >= 15 is 0 Å². The molecular weight excluding hydrogens is 216 g/mol. The summed E-state index contributed by atoms with van der Waals surface area (Å²) in [6, 6.07) is 0. The van der Waals surface area contributed by atoms with Crippen LogP contribution in [0.25, 0.3) is 5.95 Å². The van der Waals surface area contributed by atoms with Gasteiger partial charge in [0.1, 0.15) is 0 Å². The second-order valence-electron chi connectivity index (χ2n) is 2.94. The van der Waals surface area contributed by atoms with Gasteiger partial charge in [-0.1, -0.05) is 0 Å². The molecule has 0 amide bonds. The minimum Gasteiger partial charge on any atom is -0.357 e. The summed E-state index contributed by atoms with van der Waals surface area (Å²) in [5.74, 6) is 0.811. The molecule has 2 aromatic rings. The maximum atomic E-state index is 5.74. The van der Waals surface area contributed by atoms with Gasteiger partial charge in [0, 0.05) is 13.2 Å². The third kappa shape index (κ3) is 2.04. The van der Waals surface area contributed by atoms with Crippen LogP contribution >= 0.6 is 11.6 Å². The van der Waals surface area contributed by atoms with Gasteiger partial charge in [-0.25, -0.2) is 4.68 Å². The molecule has 7 heteroatoms. The fourth-order valence-corrected chi connectivity index (χ4v) is 1.23. The zero-order chi connectivity index (χ0) is 10.8. The van der Waals surface area contributed by atoms with Crippen molar-refractivity contribution in [3.63, 3.8) is 0 Å². The lowest BCUT2D eigenvalue weighted by molar-refractivity contribution is 0.797. The molecule has 1 N–H and O–H groups in total. The number of anilines is 1. The van der Waals surface area contributed by atoms with Crippen molar-refractivity contribution in [2.45, 2.75) is 6.92 Å². The summed E-state index contributed by atoms with van der Waals surface area (Å²) in [7, 11) is 1.71. The van der Waals surface area contributed by atoms with Gasteiger partial charge in [0.05, 0.1) is 6.20 Å². The van der Waals surface area contributed by atoms with Gasteiger partial charge in [-0.05, 0) is 24.1 Å². The molecule has 0 aliphatic rings. The van der Waals surface area contributed by atoms with Crippen LogP contribution in [0.15, 0.2) is 12.4 Å². The standard InChI is InChI=1S/C8H9ClN6/c1-5-3-11-15(4-5)8-13-6(9)12-7(10-2)14-8/h3-4H,1-2H3,(H,10,12,13,14). The van der Waals surface area contributed by atoms with Crippen molar-refractivity contribution in [3.8, 4) is 5.95 Å². The van der Waals surface area contributed by atoms with Crippen molar-refractivity contribution < 1.29 is 0 Å². The van der Waals surface area contributed by atoms with Crippen LogP contribution in [0.4, 0.5) is 5.95 Å². The zero-order valence-corrected chi connectivity index (χ0v) is 9.02. The molecule has 6 nitrogen and oxygen atoms in total. The first-order valence-electron chi connectivity index (χ1n) is 4.30. The van der Waals surface area contributed by atoms with Crippen LogP contribution in [0.1, 0.15) is 5.56 Å². The fourth-order valence-electron chi connectivity index (χ4n) is 1.08. The average molecular weight is 225 g/mol. The Kier molecular flexibility index (Phi) is 2.51. The van der Waals surface area contributed by atoms with E-state index < -0.39 is 0 Å². The molecule has 0 aliphatic heterocycles. The first-order valence-corrected chi connectivity index (χ1v) is 4.68. The Morgan fingerprint density at radius 2 is 2.13 bits per heavy atom. The molecule has 0 fully saturated rings. The van der Waals surface area contributed by atoms with Crippen LogP contribution in [0.5, 0.6) is 0 Å². The van der Waals surface area contributed by atoms with Crippen LogP contribution in [0.3, 0.4) is 0 Å². The molecular formula is C8H9ClN6. The van der Waals surface area contributed by atoms with Gasteiger partial charge >= 0.3 is 0 Å². The van der Waals surface area contributed by atoms with Crippen molar-refractivity contribution in [1.82, 2.24) is 24.7 Å². The number of aromatic nitrogens is 5. The Morgan fingerprint density at radius 3 is 2.73 bits per heavy atom. The molecule has 2 aromatic heterocycles. The number of halogens is 1. The number of nitrogens with zero attached hydrogens (tertiary/aromatic N) is 5. The van der Waals surface area contributed by atoms with E-state index in [0.717, 1.165) is 5.56 Å². The van der Waals surface area contributed by atoms with Crippen LogP contribution in [-0.4, -0.2) is 31.8 Å². The summed E-state index contributed by atoms with van der Waals surface area (Å²) in [6.45, 7) is 1.94. The number of nitrogens with one attached hydrogen (secondary N) is 1. The molecule has 15 heavy (non-hydrogen) atoms. The molecule has 0 aliphatic carbocycles. The summed E-state index contributed by atoms with van der Waals surface area (Å²) >= 11 is 5.74. The third-order valence-corrected chi connectivity index (χ3v) is 1.91. The topological polar surface area (TPSA) is 68.5 Å². The number of aryl methyl sites for hydroxylation is 1. The number of rotatable bonds is 2. The third-order valence-electron chi connectivity index (χ3n) is 1.74. The molecule has 78 valence electrons. The van der Waals surface area contributed by atoms with Crippen molar-refractivity contribution >= 4 is 17.5 Å². The van der Waals surface area contributed by atoms with Crippen molar-refractivity contribution in [2.75, 3.05) is 12.4 Å². The summed E-state index contributed by atoms with van der Waals surface area (Å²) in [4.78, 5) is 12.0. The van der Waals surface area contributed by atoms with Gasteiger partial charge in [0.15, 0.2) is 0 Å². The van der Waals surface area contributed by atoms with Gasteiger partial charge in [-0.15, -0.1) is 0 Å². The van der Waals surface area contributed by atoms with Crippen molar-refractivity contribution in [1.29, 1.82) is 0 Å². The molecule has 0 atom stereocenters. The quantitative estimate of drug-likeness (QED) is 0.826. The predicted octanol–water partition coefficient (Wildman–Crippen LogP) is 1.06. The maximum absolute atomic E-state index is 5.74. The zero-order valence-electron chi connectivity index (χ0n) is 8.27. The Morgan fingerprint density at radius 1 is 1.33 bits per heavy atom. The van der Waals surface area contributed by atoms with Gasteiger partial charge < -0.3 is 5.32 Å². The highest BCUT2D eigenvalue weighted by Gasteiger charge is 2.06. The Labute approximate surface area is 91.3 Å². The lowest BCUT2D eigenvalue weighted by atomic mass is 10.4. The van der Waals surface area contributed by atoms with Gasteiger partial charge in [0.25, 0.3) is 5.95 Å². The van der Waals surface area contributed by atoms with Crippen molar-refractivity contribution in [2.24, 2.45) is 0 Å². The van der Waals surface area contributed by atoms with Crippen LogP contribution in [0, 0.1) is 6.92 Å². The van der Waals surface area contributed by atoms with E-state index in [1.807, 2.05) is 13.1 Å². The molecule has 2 rings (SSSR count). The van der Waals surface area contributed by atoms with E-state index in [1.165, 1.54) is 0 Å². The monoisotopic (exact) mass is 224 g/mol. The van der Waals surface area contributed by atoms with E-state index in [9.17, 15) is 0 Å². The lowest BCUT2D eigenvalue weighted by Gasteiger charge is -2.02. The van der Waals surface area contributed by atoms with Gasteiger partial charge in [-0.2, -0.15) is 20.1 Å². The second-order valence-corrected chi connectivity index (χ2v) is 3.28. The Bertz CT molecular complexity index is 480. The van der Waals surface area contributed by atoms with E-state index in [4.69, 9.17) is 11.6 Å². The first-order chi connectivity index (χ1) is 7.19. The van der Waals surface area contributed by atoms with E-state index in [1.54, 1.807) is 17.9 Å².